The average Bonchev–Trinajstić information content (AvgIpc) is 3.59. The highest BCUT2D eigenvalue weighted by molar-refractivity contribution is 5.95. The maximum atomic E-state index is 13.6. The molecule has 3 aromatic heterocycles. The van der Waals surface area contributed by atoms with E-state index in [1.807, 2.05) is 52.0 Å². The summed E-state index contributed by atoms with van der Waals surface area (Å²) in [5.74, 6) is 0.831. The Balaban J connectivity index is 1.44. The number of nitrogens with zero attached hydrogens (tertiary/aromatic N) is 6. The molecule has 1 amide bonds. The predicted octanol–water partition coefficient (Wildman–Crippen LogP) is 4.25. The minimum absolute atomic E-state index is 0.0424. The van der Waals surface area contributed by atoms with E-state index in [2.05, 4.69) is 27.2 Å². The van der Waals surface area contributed by atoms with Crippen molar-refractivity contribution in [1.29, 1.82) is 0 Å². The monoisotopic (exact) mass is 428 g/mol. The first-order chi connectivity index (χ1) is 15.8. The second kappa shape index (κ2) is 8.74. The summed E-state index contributed by atoms with van der Waals surface area (Å²) in [4.78, 5) is 19.6. The van der Waals surface area contributed by atoms with Gasteiger partial charge in [0.2, 0.25) is 11.8 Å². The Morgan fingerprint density at radius 3 is 2.78 bits per heavy atom. The van der Waals surface area contributed by atoms with Crippen molar-refractivity contribution in [2.45, 2.75) is 38.6 Å². The Morgan fingerprint density at radius 2 is 2.00 bits per heavy atom. The molecule has 1 fully saturated rings. The molecule has 1 unspecified atom stereocenters. The SMILES string of the molecule is CCCc1c(C(=O)N2CCCC2c2nnc(-c3cccnc3)o2)cnn1-c1ccccc1. The van der Waals surface area contributed by atoms with Crippen LogP contribution in [-0.2, 0) is 6.42 Å². The van der Waals surface area contributed by atoms with E-state index >= 15 is 0 Å². The number of para-hydroxylation sites is 1. The maximum absolute atomic E-state index is 13.6. The largest absolute Gasteiger partial charge is 0.418 e. The number of hydrogen-bond acceptors (Lipinski definition) is 6. The number of benzene rings is 1. The van der Waals surface area contributed by atoms with E-state index in [1.54, 1.807) is 18.6 Å². The van der Waals surface area contributed by atoms with Crippen LogP contribution >= 0.6 is 0 Å². The predicted molar refractivity (Wildman–Crippen MR) is 118 cm³/mol. The zero-order valence-electron chi connectivity index (χ0n) is 17.9. The third kappa shape index (κ3) is 3.68. The molecule has 32 heavy (non-hydrogen) atoms. The van der Waals surface area contributed by atoms with Gasteiger partial charge in [0.05, 0.1) is 28.7 Å². The molecule has 1 atom stereocenters. The Morgan fingerprint density at radius 1 is 1.12 bits per heavy atom. The molecule has 0 N–H and O–H groups in total. The number of carbonyl (C=O) groups is 1. The van der Waals surface area contributed by atoms with E-state index in [9.17, 15) is 4.79 Å². The Labute approximate surface area is 185 Å². The molecule has 0 aliphatic carbocycles. The summed E-state index contributed by atoms with van der Waals surface area (Å²) in [7, 11) is 0. The molecule has 0 bridgehead atoms. The molecule has 1 aliphatic rings. The van der Waals surface area contributed by atoms with Crippen LogP contribution in [0.25, 0.3) is 17.1 Å². The van der Waals surface area contributed by atoms with Gasteiger partial charge in [0.1, 0.15) is 6.04 Å². The summed E-state index contributed by atoms with van der Waals surface area (Å²) in [6, 6.07) is 13.4. The van der Waals surface area contributed by atoms with E-state index in [-0.39, 0.29) is 11.9 Å². The molecule has 0 saturated carbocycles. The number of likely N-dealkylation sites (tertiary alicyclic amines) is 1. The van der Waals surface area contributed by atoms with Gasteiger partial charge in [-0.2, -0.15) is 5.10 Å². The Hall–Kier alpha value is -3.81. The Bertz CT molecular complexity index is 1200. The first-order valence-corrected chi connectivity index (χ1v) is 10.9. The molecular formula is C24H24N6O2. The van der Waals surface area contributed by atoms with Crippen molar-refractivity contribution in [3.8, 4) is 17.1 Å². The number of amides is 1. The van der Waals surface area contributed by atoms with E-state index in [0.717, 1.165) is 42.6 Å². The van der Waals surface area contributed by atoms with Crippen LogP contribution < -0.4 is 0 Å². The molecule has 8 nitrogen and oxygen atoms in total. The van der Waals surface area contributed by atoms with Crippen molar-refractivity contribution in [3.63, 3.8) is 0 Å². The lowest BCUT2D eigenvalue weighted by Gasteiger charge is -2.22. The summed E-state index contributed by atoms with van der Waals surface area (Å²) >= 11 is 0. The van der Waals surface area contributed by atoms with Gasteiger partial charge in [0.15, 0.2) is 0 Å². The number of carbonyl (C=O) groups excluding carboxylic acids is 1. The lowest BCUT2D eigenvalue weighted by Crippen LogP contribution is -2.31. The molecule has 5 rings (SSSR count). The van der Waals surface area contributed by atoms with Crippen LogP contribution in [0.1, 0.15) is 54.2 Å². The number of aromatic nitrogens is 5. The fourth-order valence-electron chi connectivity index (χ4n) is 4.22. The fourth-order valence-corrected chi connectivity index (χ4v) is 4.22. The molecular weight excluding hydrogens is 404 g/mol. The van der Waals surface area contributed by atoms with Crippen LogP contribution in [-0.4, -0.2) is 42.3 Å². The first-order valence-electron chi connectivity index (χ1n) is 10.9. The lowest BCUT2D eigenvalue weighted by molar-refractivity contribution is 0.0714. The van der Waals surface area contributed by atoms with Gasteiger partial charge < -0.3 is 9.32 Å². The molecule has 162 valence electrons. The lowest BCUT2D eigenvalue weighted by atomic mass is 10.1. The van der Waals surface area contributed by atoms with Gasteiger partial charge in [-0.3, -0.25) is 9.78 Å². The van der Waals surface area contributed by atoms with Gasteiger partial charge in [0, 0.05) is 18.9 Å². The molecule has 1 aromatic carbocycles. The van der Waals surface area contributed by atoms with Gasteiger partial charge in [0.25, 0.3) is 5.91 Å². The van der Waals surface area contributed by atoms with E-state index < -0.39 is 0 Å². The third-order valence-corrected chi connectivity index (χ3v) is 5.73. The molecule has 1 aliphatic heterocycles. The first kappa shape index (κ1) is 20.1. The maximum Gasteiger partial charge on any atom is 0.258 e. The normalized spacial score (nSPS) is 15.9. The summed E-state index contributed by atoms with van der Waals surface area (Å²) < 4.78 is 7.82. The summed E-state index contributed by atoms with van der Waals surface area (Å²) in [5.41, 5.74) is 3.27. The standard InChI is InChI=1S/C24H24N6O2/c1-2-8-20-19(16-26-30(20)18-10-4-3-5-11-18)24(31)29-14-7-12-21(29)23-28-27-22(32-23)17-9-6-13-25-15-17/h3-6,9-11,13,15-16,21H,2,7-8,12,14H2,1H3. The van der Waals surface area contributed by atoms with Crippen molar-refractivity contribution in [2.24, 2.45) is 0 Å². The molecule has 0 radical (unpaired) electrons. The van der Waals surface area contributed by atoms with E-state index in [1.165, 1.54) is 0 Å². The van der Waals surface area contributed by atoms with Crippen molar-refractivity contribution < 1.29 is 9.21 Å². The highest BCUT2D eigenvalue weighted by Gasteiger charge is 2.36. The van der Waals surface area contributed by atoms with Gasteiger partial charge in [-0.25, -0.2) is 4.68 Å². The van der Waals surface area contributed by atoms with Crippen LogP contribution in [0.5, 0.6) is 0 Å². The Kier molecular flexibility index (Phi) is 5.49. The second-order valence-electron chi connectivity index (χ2n) is 7.85. The summed E-state index contributed by atoms with van der Waals surface area (Å²) in [6.07, 6.45) is 8.42. The topological polar surface area (TPSA) is 89.9 Å². The fraction of sp³-hybridized carbons (Fsp3) is 0.292. The second-order valence-corrected chi connectivity index (χ2v) is 7.85. The quantitative estimate of drug-likeness (QED) is 0.456. The van der Waals surface area contributed by atoms with Crippen LogP contribution in [0, 0.1) is 0 Å². The van der Waals surface area contributed by atoms with Crippen LogP contribution in [0.3, 0.4) is 0 Å². The van der Waals surface area contributed by atoms with Gasteiger partial charge >= 0.3 is 0 Å². The van der Waals surface area contributed by atoms with E-state index in [0.29, 0.717) is 23.9 Å². The van der Waals surface area contributed by atoms with Crippen molar-refractivity contribution in [3.05, 3.63) is 78.2 Å². The van der Waals surface area contributed by atoms with Gasteiger partial charge in [-0.15, -0.1) is 10.2 Å². The van der Waals surface area contributed by atoms with Crippen LogP contribution in [0.2, 0.25) is 0 Å². The number of pyridine rings is 1. The van der Waals surface area contributed by atoms with Crippen molar-refractivity contribution >= 4 is 5.91 Å². The zero-order valence-corrected chi connectivity index (χ0v) is 17.9. The van der Waals surface area contributed by atoms with E-state index in [4.69, 9.17) is 4.42 Å². The van der Waals surface area contributed by atoms with Gasteiger partial charge in [-0.1, -0.05) is 31.5 Å². The highest BCUT2D eigenvalue weighted by Crippen LogP contribution is 2.34. The third-order valence-electron chi connectivity index (χ3n) is 5.73. The van der Waals surface area contributed by atoms with Crippen LogP contribution in [0.15, 0.2) is 65.5 Å². The molecule has 0 spiro atoms. The van der Waals surface area contributed by atoms with Gasteiger partial charge in [-0.05, 0) is 43.5 Å². The van der Waals surface area contributed by atoms with Crippen LogP contribution in [0.4, 0.5) is 0 Å². The summed E-state index contributed by atoms with van der Waals surface area (Å²) in [5, 5.41) is 13.0. The molecule has 1 saturated heterocycles. The summed E-state index contributed by atoms with van der Waals surface area (Å²) in [6.45, 7) is 2.75. The minimum Gasteiger partial charge on any atom is -0.418 e. The smallest absolute Gasteiger partial charge is 0.258 e. The van der Waals surface area contributed by atoms with Crippen molar-refractivity contribution in [1.82, 2.24) is 29.9 Å². The molecule has 4 heterocycles. The minimum atomic E-state index is -0.241. The van der Waals surface area contributed by atoms with Crippen molar-refractivity contribution in [2.75, 3.05) is 6.54 Å². The number of hydrogen-bond donors (Lipinski definition) is 0. The highest BCUT2D eigenvalue weighted by atomic mass is 16.4. The molecule has 8 heteroatoms. The number of rotatable bonds is 6. The molecule has 4 aromatic rings. The zero-order chi connectivity index (χ0) is 21.9. The average molecular weight is 428 g/mol.